The van der Waals surface area contributed by atoms with Crippen molar-refractivity contribution in [2.75, 3.05) is 0 Å². The molecule has 0 atom stereocenters. The summed E-state index contributed by atoms with van der Waals surface area (Å²) in [6.45, 7) is 4.52. The summed E-state index contributed by atoms with van der Waals surface area (Å²) < 4.78 is 0. The Morgan fingerprint density at radius 2 is 1.19 bits per heavy atom. The van der Waals surface area contributed by atoms with E-state index in [1.165, 1.54) is 0 Å². The third-order valence-corrected chi connectivity index (χ3v) is 0.766. The summed E-state index contributed by atoms with van der Waals surface area (Å²) >= 11 is 0. The van der Waals surface area contributed by atoms with Gasteiger partial charge in [0.15, 0.2) is 0 Å². The zero-order valence-corrected chi connectivity index (χ0v) is 9.19. The quantitative estimate of drug-likeness (QED) is 0.694. The van der Waals surface area contributed by atoms with Crippen molar-refractivity contribution in [1.29, 1.82) is 0 Å². The highest BCUT2D eigenvalue weighted by atomic mass is 16.4. The van der Waals surface area contributed by atoms with E-state index >= 15 is 0 Å². The second-order valence-corrected chi connectivity index (χ2v) is 2.41. The molecular formula is C10H22O6. The van der Waals surface area contributed by atoms with Gasteiger partial charge in [0.1, 0.15) is 0 Å². The number of rotatable bonds is 3. The Hall–Kier alpha value is -1.59. The van der Waals surface area contributed by atoms with Gasteiger partial charge in [0.25, 0.3) is 5.97 Å². The van der Waals surface area contributed by atoms with Crippen LogP contribution in [0.3, 0.4) is 0 Å². The van der Waals surface area contributed by atoms with Crippen LogP contribution in [-0.2, 0) is 14.4 Å². The molecule has 0 heterocycles. The summed E-state index contributed by atoms with van der Waals surface area (Å²) in [6.07, 6.45) is 1.25. The van der Waals surface area contributed by atoms with E-state index in [0.717, 1.165) is 13.3 Å². The Morgan fingerprint density at radius 1 is 0.938 bits per heavy atom. The summed E-state index contributed by atoms with van der Waals surface area (Å²) in [4.78, 5) is 28.0. The topological polar surface area (TPSA) is 112 Å². The van der Waals surface area contributed by atoms with E-state index in [0.29, 0.717) is 6.42 Å². The maximum atomic E-state index is 9.60. The molecule has 0 bridgehead atoms. The van der Waals surface area contributed by atoms with E-state index in [1.807, 2.05) is 6.92 Å². The molecule has 98 valence electrons. The maximum Gasteiger partial charge on any atom is 0.303 e. The van der Waals surface area contributed by atoms with Crippen LogP contribution < -0.4 is 0 Å². The van der Waals surface area contributed by atoms with E-state index in [9.17, 15) is 9.59 Å². The van der Waals surface area contributed by atoms with Crippen LogP contribution in [0.4, 0.5) is 0 Å². The summed E-state index contributed by atoms with van der Waals surface area (Å²) in [6, 6.07) is 0. The Morgan fingerprint density at radius 3 is 1.19 bits per heavy atom. The molecule has 0 unspecified atom stereocenters. The smallest absolute Gasteiger partial charge is 0.303 e. The average Bonchev–Trinajstić information content (AvgIpc) is 2.03. The van der Waals surface area contributed by atoms with Gasteiger partial charge in [-0.2, -0.15) is 0 Å². The fourth-order valence-corrected chi connectivity index (χ4v) is 0.214. The highest BCUT2D eigenvalue weighted by Crippen LogP contribution is 1.82. The third-order valence-electron chi connectivity index (χ3n) is 0.766. The molecule has 0 saturated carbocycles. The summed E-state index contributed by atoms with van der Waals surface area (Å²) in [5, 5.41) is 23.1. The molecule has 6 heteroatoms. The van der Waals surface area contributed by atoms with Crippen molar-refractivity contribution in [3.05, 3.63) is 0 Å². The molecule has 0 aromatic carbocycles. The van der Waals surface area contributed by atoms with Crippen molar-refractivity contribution in [2.24, 2.45) is 0 Å². The molecule has 0 spiro atoms. The number of aliphatic carboxylic acids is 3. The number of carbonyl (C=O) groups is 3. The molecule has 0 fully saturated rings. The van der Waals surface area contributed by atoms with Crippen LogP contribution in [0.15, 0.2) is 0 Å². The lowest BCUT2D eigenvalue weighted by atomic mass is 10.4. The fraction of sp³-hybridized carbons (Fsp3) is 0.700. The largest absolute Gasteiger partial charge is 0.481 e. The second-order valence-electron chi connectivity index (χ2n) is 2.41. The molecule has 0 aromatic heterocycles. The van der Waals surface area contributed by atoms with Crippen molar-refractivity contribution in [3.8, 4) is 0 Å². The lowest BCUT2D eigenvalue weighted by Gasteiger charge is -1.79. The normalized spacial score (nSPS) is 6.94. The van der Waals surface area contributed by atoms with Crippen LogP contribution in [0.1, 0.15) is 47.5 Å². The van der Waals surface area contributed by atoms with Crippen molar-refractivity contribution in [1.82, 2.24) is 0 Å². The van der Waals surface area contributed by atoms with Crippen LogP contribution in [0.5, 0.6) is 0 Å². The molecule has 0 rings (SSSR count). The Kier molecular flexibility index (Phi) is 28.5. The van der Waals surface area contributed by atoms with Gasteiger partial charge in [0.05, 0.1) is 0 Å². The molecule has 0 amide bonds. The minimum Gasteiger partial charge on any atom is -0.481 e. The number of hydrogen-bond donors (Lipinski definition) is 3. The predicted octanol–water partition coefficient (Wildman–Crippen LogP) is 2.08. The minimum absolute atomic E-state index is 0. The molecule has 0 aliphatic carbocycles. The van der Waals surface area contributed by atoms with Gasteiger partial charge in [0.2, 0.25) is 0 Å². The zero-order chi connectivity index (χ0) is 12.9. The average molecular weight is 238 g/mol. The summed E-state index contributed by atoms with van der Waals surface area (Å²) in [5.74, 6) is -2.29. The van der Waals surface area contributed by atoms with Gasteiger partial charge in [-0.05, 0) is 6.42 Å². The standard InChI is InChI=1S/C4H8O2.C3H6O2.C2H4O2.CH4/c1-2-3-4(5)6;1-2-3(4)5;1-2(3)4;/h2-3H2,1H3,(H,5,6);2H2,1H3,(H,4,5);1H3,(H,3,4);1H4. The molecule has 6 nitrogen and oxygen atoms in total. The number of carboxylic acids is 3. The Labute approximate surface area is 95.9 Å². The number of hydrogen-bond acceptors (Lipinski definition) is 3. The summed E-state index contributed by atoms with van der Waals surface area (Å²) in [5.41, 5.74) is 0. The van der Waals surface area contributed by atoms with E-state index in [-0.39, 0.29) is 13.8 Å². The van der Waals surface area contributed by atoms with E-state index < -0.39 is 17.9 Å². The first kappa shape index (κ1) is 23.9. The maximum absolute atomic E-state index is 9.60. The van der Waals surface area contributed by atoms with Gasteiger partial charge in [-0.3, -0.25) is 14.4 Å². The lowest BCUT2D eigenvalue weighted by molar-refractivity contribution is -0.137. The fourth-order valence-electron chi connectivity index (χ4n) is 0.214. The highest BCUT2D eigenvalue weighted by Gasteiger charge is 1.87. The van der Waals surface area contributed by atoms with Crippen LogP contribution in [0.2, 0.25) is 0 Å². The molecule has 0 aromatic rings. The van der Waals surface area contributed by atoms with Gasteiger partial charge in [0, 0.05) is 19.8 Å². The molecule has 0 aliphatic heterocycles. The van der Waals surface area contributed by atoms with Gasteiger partial charge in [-0.15, -0.1) is 0 Å². The van der Waals surface area contributed by atoms with E-state index in [4.69, 9.17) is 20.1 Å². The Bertz CT molecular complexity index is 184. The van der Waals surface area contributed by atoms with Gasteiger partial charge < -0.3 is 15.3 Å². The van der Waals surface area contributed by atoms with Gasteiger partial charge in [-0.1, -0.05) is 21.3 Å². The van der Waals surface area contributed by atoms with Crippen molar-refractivity contribution >= 4 is 17.9 Å². The zero-order valence-electron chi connectivity index (χ0n) is 9.19. The van der Waals surface area contributed by atoms with Crippen molar-refractivity contribution in [2.45, 2.75) is 47.5 Å². The SMILES string of the molecule is C.CC(=O)O.CCC(=O)O.CCCC(=O)O. The summed E-state index contributed by atoms with van der Waals surface area (Å²) in [7, 11) is 0. The lowest BCUT2D eigenvalue weighted by Crippen LogP contribution is -1.90. The highest BCUT2D eigenvalue weighted by molar-refractivity contribution is 5.66. The second kappa shape index (κ2) is 19.1. The first-order valence-corrected chi connectivity index (χ1v) is 4.40. The monoisotopic (exact) mass is 238 g/mol. The molecule has 0 saturated heterocycles. The van der Waals surface area contributed by atoms with Crippen LogP contribution in [0.25, 0.3) is 0 Å². The van der Waals surface area contributed by atoms with Gasteiger partial charge in [-0.25, -0.2) is 0 Å². The van der Waals surface area contributed by atoms with Crippen molar-refractivity contribution in [3.63, 3.8) is 0 Å². The van der Waals surface area contributed by atoms with E-state index in [2.05, 4.69) is 0 Å². The Balaban J connectivity index is -0.0000000668. The third kappa shape index (κ3) is 139. The van der Waals surface area contributed by atoms with E-state index in [1.54, 1.807) is 6.92 Å². The number of carboxylic acid groups (broad SMARTS) is 3. The van der Waals surface area contributed by atoms with Gasteiger partial charge >= 0.3 is 11.9 Å². The first-order chi connectivity index (χ1) is 6.77. The van der Waals surface area contributed by atoms with Crippen LogP contribution in [0, 0.1) is 0 Å². The molecule has 0 aliphatic rings. The van der Waals surface area contributed by atoms with Crippen molar-refractivity contribution < 1.29 is 29.7 Å². The molecular weight excluding hydrogens is 216 g/mol. The molecule has 3 N–H and O–H groups in total. The minimum atomic E-state index is -0.833. The molecule has 0 radical (unpaired) electrons. The molecule has 16 heavy (non-hydrogen) atoms. The van der Waals surface area contributed by atoms with Crippen LogP contribution in [-0.4, -0.2) is 33.2 Å². The predicted molar refractivity (Wildman–Crippen MR) is 60.5 cm³/mol. The first-order valence-electron chi connectivity index (χ1n) is 4.40. The van der Waals surface area contributed by atoms with Crippen LogP contribution >= 0.6 is 0 Å².